The average molecular weight is 346 g/mol. The molecule has 2 atom stereocenters. The molecule has 2 N–H and O–H groups in total. The van der Waals surface area contributed by atoms with Crippen LogP contribution in [0.25, 0.3) is 0 Å². The minimum atomic E-state index is -0.259. The molecule has 0 aromatic carbocycles. The molecule has 136 valence electrons. The maximum Gasteiger partial charge on any atom is 0.257 e. The van der Waals surface area contributed by atoms with Gasteiger partial charge in [0.05, 0.1) is 23.3 Å². The van der Waals surface area contributed by atoms with Gasteiger partial charge in [-0.05, 0) is 45.4 Å². The van der Waals surface area contributed by atoms with Crippen LogP contribution in [0, 0.1) is 25.7 Å². The summed E-state index contributed by atoms with van der Waals surface area (Å²) in [5.74, 6) is 0.720. The summed E-state index contributed by atoms with van der Waals surface area (Å²) < 4.78 is 5.70. The van der Waals surface area contributed by atoms with E-state index in [2.05, 4.69) is 9.97 Å². The van der Waals surface area contributed by atoms with Gasteiger partial charge in [0.2, 0.25) is 5.91 Å². The molecule has 2 saturated heterocycles. The van der Waals surface area contributed by atoms with Crippen molar-refractivity contribution in [3.05, 3.63) is 23.3 Å². The lowest BCUT2D eigenvalue weighted by atomic mass is 9.86. The molecule has 2 amide bonds. The molecule has 0 radical (unpaired) electrons. The first-order valence-corrected chi connectivity index (χ1v) is 8.96. The van der Waals surface area contributed by atoms with Crippen LogP contribution in [0.3, 0.4) is 0 Å². The van der Waals surface area contributed by atoms with Crippen molar-refractivity contribution in [3.8, 4) is 0 Å². The van der Waals surface area contributed by atoms with Crippen LogP contribution in [0.2, 0.25) is 0 Å². The number of nitrogens with two attached hydrogens (primary N) is 1. The highest BCUT2D eigenvalue weighted by molar-refractivity contribution is 5.95. The van der Waals surface area contributed by atoms with E-state index in [0.29, 0.717) is 37.0 Å². The quantitative estimate of drug-likeness (QED) is 0.884. The molecule has 0 spiro atoms. The summed E-state index contributed by atoms with van der Waals surface area (Å²) in [6.07, 6.45) is 4.98. The number of piperidine rings is 1. The predicted octanol–water partition coefficient (Wildman–Crippen LogP) is 1.23. The Labute approximate surface area is 148 Å². The van der Waals surface area contributed by atoms with E-state index in [1.165, 1.54) is 0 Å². The van der Waals surface area contributed by atoms with Crippen molar-refractivity contribution in [1.82, 2.24) is 14.9 Å². The Hall–Kier alpha value is -2.02. The van der Waals surface area contributed by atoms with Crippen molar-refractivity contribution < 1.29 is 14.3 Å². The Bertz CT molecular complexity index is 656. The van der Waals surface area contributed by atoms with Crippen LogP contribution in [0.5, 0.6) is 0 Å². The Morgan fingerprint density at radius 1 is 1.28 bits per heavy atom. The summed E-state index contributed by atoms with van der Waals surface area (Å²) in [7, 11) is 0. The summed E-state index contributed by atoms with van der Waals surface area (Å²) in [6.45, 7) is 5.70. The number of carbonyl (C=O) groups excluding carboxylic acids is 2. The van der Waals surface area contributed by atoms with E-state index < -0.39 is 0 Å². The number of nitrogens with zero attached hydrogens (tertiary/aromatic N) is 3. The van der Waals surface area contributed by atoms with Gasteiger partial charge in [0.15, 0.2) is 0 Å². The molecule has 25 heavy (non-hydrogen) atoms. The summed E-state index contributed by atoms with van der Waals surface area (Å²) in [5.41, 5.74) is 6.77. The number of aryl methyl sites for hydroxylation is 2. The molecule has 0 unspecified atom stereocenters. The summed E-state index contributed by atoms with van der Waals surface area (Å²) in [5, 5.41) is 0. The van der Waals surface area contributed by atoms with Gasteiger partial charge in [0.1, 0.15) is 5.82 Å². The smallest absolute Gasteiger partial charge is 0.257 e. The Morgan fingerprint density at radius 3 is 2.64 bits per heavy atom. The van der Waals surface area contributed by atoms with Crippen molar-refractivity contribution in [2.24, 2.45) is 17.6 Å². The van der Waals surface area contributed by atoms with E-state index in [1.54, 1.807) is 6.20 Å². The largest absolute Gasteiger partial charge is 0.377 e. The number of ether oxygens (including phenoxy) is 1. The zero-order valence-electron chi connectivity index (χ0n) is 14.9. The van der Waals surface area contributed by atoms with Crippen molar-refractivity contribution in [1.29, 1.82) is 0 Å². The van der Waals surface area contributed by atoms with Gasteiger partial charge in [0, 0.05) is 25.9 Å². The first-order chi connectivity index (χ1) is 12.0. The van der Waals surface area contributed by atoms with Crippen molar-refractivity contribution in [2.75, 3.05) is 19.7 Å². The van der Waals surface area contributed by atoms with Gasteiger partial charge in [0.25, 0.3) is 5.91 Å². The summed E-state index contributed by atoms with van der Waals surface area (Å²) in [4.78, 5) is 34.5. The SMILES string of the molecule is Cc1ncc(C(=O)N2CCC(C[C@H]3OCC[C@H]3C(N)=O)CC2)c(C)n1. The van der Waals surface area contributed by atoms with E-state index in [0.717, 1.165) is 31.4 Å². The summed E-state index contributed by atoms with van der Waals surface area (Å²) in [6, 6.07) is 0. The molecule has 0 bridgehead atoms. The molecule has 2 aliphatic rings. The second kappa shape index (κ2) is 7.47. The molecule has 7 nitrogen and oxygen atoms in total. The topological polar surface area (TPSA) is 98.4 Å². The molecule has 2 fully saturated rings. The zero-order chi connectivity index (χ0) is 18.0. The van der Waals surface area contributed by atoms with Crippen LogP contribution in [0.4, 0.5) is 0 Å². The van der Waals surface area contributed by atoms with E-state index in [9.17, 15) is 9.59 Å². The lowest BCUT2D eigenvalue weighted by Crippen LogP contribution is -2.40. The molecule has 3 heterocycles. The van der Waals surface area contributed by atoms with E-state index in [4.69, 9.17) is 10.5 Å². The lowest BCUT2D eigenvalue weighted by molar-refractivity contribution is -0.123. The second-order valence-corrected chi connectivity index (χ2v) is 7.09. The third kappa shape index (κ3) is 3.98. The monoisotopic (exact) mass is 346 g/mol. The highest BCUT2D eigenvalue weighted by Crippen LogP contribution is 2.31. The molecule has 1 aromatic heterocycles. The van der Waals surface area contributed by atoms with Gasteiger partial charge in [-0.3, -0.25) is 9.59 Å². The fourth-order valence-corrected chi connectivity index (χ4v) is 3.87. The lowest BCUT2D eigenvalue weighted by Gasteiger charge is -2.33. The van der Waals surface area contributed by atoms with Gasteiger partial charge in [-0.15, -0.1) is 0 Å². The number of likely N-dealkylation sites (tertiary alicyclic amines) is 1. The number of aromatic nitrogens is 2. The van der Waals surface area contributed by atoms with Crippen LogP contribution in [0.1, 0.15) is 47.6 Å². The van der Waals surface area contributed by atoms with Gasteiger partial charge in [-0.25, -0.2) is 9.97 Å². The van der Waals surface area contributed by atoms with Crippen molar-refractivity contribution in [2.45, 2.75) is 45.6 Å². The number of hydrogen-bond donors (Lipinski definition) is 1. The Balaban J connectivity index is 1.55. The van der Waals surface area contributed by atoms with Gasteiger partial charge >= 0.3 is 0 Å². The highest BCUT2D eigenvalue weighted by Gasteiger charge is 2.35. The Kier molecular flexibility index (Phi) is 5.32. The van der Waals surface area contributed by atoms with Crippen LogP contribution >= 0.6 is 0 Å². The van der Waals surface area contributed by atoms with Crippen LogP contribution in [0.15, 0.2) is 6.20 Å². The minimum Gasteiger partial charge on any atom is -0.377 e. The van der Waals surface area contributed by atoms with Crippen LogP contribution in [-0.4, -0.2) is 52.5 Å². The number of amides is 2. The number of rotatable bonds is 4. The molecule has 0 saturated carbocycles. The molecule has 1 aromatic rings. The third-order valence-corrected chi connectivity index (χ3v) is 5.37. The zero-order valence-corrected chi connectivity index (χ0v) is 14.9. The Morgan fingerprint density at radius 2 is 2.00 bits per heavy atom. The predicted molar refractivity (Wildman–Crippen MR) is 91.8 cm³/mol. The normalized spacial score (nSPS) is 24.5. The van der Waals surface area contributed by atoms with Crippen LogP contribution < -0.4 is 5.73 Å². The minimum absolute atomic E-state index is 0.00285. The van der Waals surface area contributed by atoms with Gasteiger partial charge in [-0.1, -0.05) is 0 Å². The number of hydrogen-bond acceptors (Lipinski definition) is 5. The fourth-order valence-electron chi connectivity index (χ4n) is 3.87. The molecule has 2 aliphatic heterocycles. The average Bonchev–Trinajstić information content (AvgIpc) is 3.03. The second-order valence-electron chi connectivity index (χ2n) is 7.09. The molecule has 7 heteroatoms. The van der Waals surface area contributed by atoms with Gasteiger partial charge < -0.3 is 15.4 Å². The third-order valence-electron chi connectivity index (χ3n) is 5.37. The van der Waals surface area contributed by atoms with E-state index in [1.807, 2.05) is 18.7 Å². The van der Waals surface area contributed by atoms with Crippen molar-refractivity contribution in [3.63, 3.8) is 0 Å². The summed E-state index contributed by atoms with van der Waals surface area (Å²) >= 11 is 0. The van der Waals surface area contributed by atoms with E-state index >= 15 is 0 Å². The first-order valence-electron chi connectivity index (χ1n) is 8.96. The maximum absolute atomic E-state index is 12.7. The fraction of sp³-hybridized carbons (Fsp3) is 0.667. The molecule has 3 rings (SSSR count). The standard InChI is InChI=1S/C18H26N4O3/c1-11-15(10-20-12(2)21-11)18(24)22-6-3-13(4-7-22)9-16-14(17(19)23)5-8-25-16/h10,13-14,16H,3-9H2,1-2H3,(H2,19,23)/t14-,16-/m1/s1. The molecule has 0 aliphatic carbocycles. The number of carbonyl (C=O) groups is 2. The molecular weight excluding hydrogens is 320 g/mol. The van der Waals surface area contributed by atoms with Gasteiger partial charge in [-0.2, -0.15) is 0 Å². The first kappa shape index (κ1) is 17.8. The van der Waals surface area contributed by atoms with Crippen molar-refractivity contribution >= 4 is 11.8 Å². The molecular formula is C18H26N4O3. The van der Waals surface area contributed by atoms with Crippen LogP contribution in [-0.2, 0) is 9.53 Å². The maximum atomic E-state index is 12.7. The highest BCUT2D eigenvalue weighted by atomic mass is 16.5. The number of primary amides is 1. The van der Waals surface area contributed by atoms with E-state index in [-0.39, 0.29) is 23.8 Å².